The van der Waals surface area contributed by atoms with Gasteiger partial charge in [0.2, 0.25) is 9.84 Å². The maximum Gasteiger partial charge on any atom is 0.206 e. The average molecular weight is 282 g/mol. The van der Waals surface area contributed by atoms with Crippen molar-refractivity contribution in [2.24, 2.45) is 0 Å². The van der Waals surface area contributed by atoms with Crippen LogP contribution in [0.25, 0.3) is 0 Å². The highest BCUT2D eigenvalue weighted by molar-refractivity contribution is 7.95. The van der Waals surface area contributed by atoms with E-state index in [0.29, 0.717) is 17.1 Å². The number of benzene rings is 1. The maximum atomic E-state index is 12.6. The number of rotatable bonds is 5. The number of ether oxygens (including phenoxy) is 1. The quantitative estimate of drug-likeness (QED) is 0.899. The molecular formula is C14H18O4S. The number of aliphatic hydroxyl groups excluding tert-OH is 1. The Morgan fingerprint density at radius 2 is 2.00 bits per heavy atom. The van der Waals surface area contributed by atoms with Crippen molar-refractivity contribution in [3.05, 3.63) is 41.0 Å². The minimum absolute atomic E-state index is 0.166. The first-order valence-electron chi connectivity index (χ1n) is 6.39. The molecule has 5 heteroatoms. The third-order valence-corrected chi connectivity index (χ3v) is 5.03. The Morgan fingerprint density at radius 3 is 2.58 bits per heavy atom. The first kappa shape index (κ1) is 14.1. The fourth-order valence-electron chi connectivity index (χ4n) is 2.16. The Bertz CT molecular complexity index is 560. The summed E-state index contributed by atoms with van der Waals surface area (Å²) in [7, 11) is -3.51. The molecule has 0 saturated carbocycles. The summed E-state index contributed by atoms with van der Waals surface area (Å²) in [6.07, 6.45) is 1.21. The zero-order chi connectivity index (χ0) is 13.9. The Labute approximate surface area is 113 Å². The molecule has 0 aliphatic carbocycles. The molecule has 0 bridgehead atoms. The number of allylic oxidation sites excluding steroid dienone is 1. The largest absolute Gasteiger partial charge is 0.491 e. The van der Waals surface area contributed by atoms with Crippen LogP contribution >= 0.6 is 0 Å². The summed E-state index contributed by atoms with van der Waals surface area (Å²) in [4.78, 5) is 0.598. The molecule has 1 aliphatic heterocycles. The van der Waals surface area contributed by atoms with Crippen LogP contribution < -0.4 is 0 Å². The summed E-state index contributed by atoms with van der Waals surface area (Å²) in [5.41, 5.74) is 0. The van der Waals surface area contributed by atoms with Gasteiger partial charge in [-0.1, -0.05) is 25.1 Å². The topological polar surface area (TPSA) is 63.6 Å². The molecule has 1 aromatic carbocycles. The van der Waals surface area contributed by atoms with Crippen molar-refractivity contribution < 1.29 is 18.3 Å². The predicted molar refractivity (Wildman–Crippen MR) is 72.1 cm³/mol. The highest BCUT2D eigenvalue weighted by Crippen LogP contribution is 2.35. The van der Waals surface area contributed by atoms with Crippen molar-refractivity contribution in [2.45, 2.75) is 37.2 Å². The molecule has 19 heavy (non-hydrogen) atoms. The van der Waals surface area contributed by atoms with E-state index in [1.165, 1.54) is 0 Å². The molecule has 1 aliphatic rings. The third-order valence-electron chi connectivity index (χ3n) is 3.09. The van der Waals surface area contributed by atoms with E-state index in [-0.39, 0.29) is 17.9 Å². The van der Waals surface area contributed by atoms with Crippen LogP contribution in [0.5, 0.6) is 0 Å². The Kier molecular flexibility index (Phi) is 4.27. The number of aliphatic hydroxyl groups is 1. The smallest absolute Gasteiger partial charge is 0.206 e. The number of sulfone groups is 1. The van der Waals surface area contributed by atoms with Crippen LogP contribution in [0.2, 0.25) is 0 Å². The lowest BCUT2D eigenvalue weighted by atomic mass is 10.2. The molecule has 104 valence electrons. The van der Waals surface area contributed by atoms with E-state index in [4.69, 9.17) is 9.84 Å². The zero-order valence-corrected chi connectivity index (χ0v) is 11.7. The molecular weight excluding hydrogens is 264 g/mol. The minimum atomic E-state index is -3.51. The van der Waals surface area contributed by atoms with Crippen molar-refractivity contribution in [3.8, 4) is 0 Å². The molecule has 2 rings (SSSR count). The lowest BCUT2D eigenvalue weighted by Gasteiger charge is -2.08. The monoisotopic (exact) mass is 282 g/mol. The fourth-order valence-corrected chi connectivity index (χ4v) is 3.81. The molecule has 1 atom stereocenters. The van der Waals surface area contributed by atoms with Crippen molar-refractivity contribution in [3.63, 3.8) is 0 Å². The zero-order valence-electron chi connectivity index (χ0n) is 10.9. The van der Waals surface area contributed by atoms with Gasteiger partial charge in [-0.3, -0.25) is 0 Å². The van der Waals surface area contributed by atoms with Gasteiger partial charge < -0.3 is 9.84 Å². The molecule has 0 aromatic heterocycles. The van der Waals surface area contributed by atoms with Gasteiger partial charge in [-0.2, -0.15) is 0 Å². The molecule has 1 aromatic rings. The molecule has 1 N–H and O–H groups in total. The van der Waals surface area contributed by atoms with E-state index in [1.807, 2.05) is 6.92 Å². The second kappa shape index (κ2) is 5.75. The van der Waals surface area contributed by atoms with Gasteiger partial charge in [-0.15, -0.1) is 0 Å². The van der Waals surface area contributed by atoms with E-state index in [0.717, 1.165) is 6.42 Å². The summed E-state index contributed by atoms with van der Waals surface area (Å²) in [6, 6.07) is 8.34. The standard InChI is InChI=1S/C14H18O4S/c1-2-6-13-14(9-11(10-15)18-13)19(16,17)12-7-4-3-5-8-12/h3-5,7-8,11,15H,2,6,9-10H2,1H3/t11-/m1/s1. The second-order valence-corrected chi connectivity index (χ2v) is 6.51. The Hall–Kier alpha value is -1.33. The molecule has 0 radical (unpaired) electrons. The van der Waals surface area contributed by atoms with Gasteiger partial charge in [-0.25, -0.2) is 8.42 Å². The van der Waals surface area contributed by atoms with Gasteiger partial charge in [0, 0.05) is 12.8 Å². The van der Waals surface area contributed by atoms with Crippen LogP contribution in [0, 0.1) is 0 Å². The van der Waals surface area contributed by atoms with Gasteiger partial charge in [0.25, 0.3) is 0 Å². The van der Waals surface area contributed by atoms with E-state index in [2.05, 4.69) is 0 Å². The number of hydrogen-bond donors (Lipinski definition) is 1. The van der Waals surface area contributed by atoms with Crippen LogP contribution in [-0.2, 0) is 14.6 Å². The Morgan fingerprint density at radius 1 is 1.32 bits per heavy atom. The predicted octanol–water partition coefficient (Wildman–Crippen LogP) is 2.25. The van der Waals surface area contributed by atoms with Crippen molar-refractivity contribution in [1.29, 1.82) is 0 Å². The lowest BCUT2D eigenvalue weighted by Crippen LogP contribution is -2.12. The van der Waals surface area contributed by atoms with E-state index < -0.39 is 15.9 Å². The summed E-state index contributed by atoms with van der Waals surface area (Å²) in [6.45, 7) is 1.80. The summed E-state index contributed by atoms with van der Waals surface area (Å²) >= 11 is 0. The Balaban J connectivity index is 2.40. The van der Waals surface area contributed by atoms with Crippen molar-refractivity contribution >= 4 is 9.84 Å². The van der Waals surface area contributed by atoms with Crippen LogP contribution in [0.3, 0.4) is 0 Å². The third kappa shape index (κ3) is 2.82. The SMILES string of the molecule is CCCC1=C(S(=O)(=O)c2ccccc2)C[C@H](CO)O1. The molecule has 0 spiro atoms. The van der Waals surface area contributed by atoms with E-state index in [9.17, 15) is 8.42 Å². The van der Waals surface area contributed by atoms with Crippen molar-refractivity contribution in [1.82, 2.24) is 0 Å². The van der Waals surface area contributed by atoms with Gasteiger partial charge in [0.1, 0.15) is 11.9 Å². The average Bonchev–Trinajstić information content (AvgIpc) is 2.84. The molecule has 1 heterocycles. The summed E-state index contributed by atoms with van der Waals surface area (Å²) < 4.78 is 30.6. The molecule has 0 unspecified atom stereocenters. The van der Waals surface area contributed by atoms with Crippen LogP contribution in [-0.4, -0.2) is 26.2 Å². The normalized spacial score (nSPS) is 19.6. The van der Waals surface area contributed by atoms with Gasteiger partial charge >= 0.3 is 0 Å². The molecule has 4 nitrogen and oxygen atoms in total. The van der Waals surface area contributed by atoms with Crippen molar-refractivity contribution in [2.75, 3.05) is 6.61 Å². The first-order chi connectivity index (χ1) is 9.09. The van der Waals surface area contributed by atoms with Crippen LogP contribution in [0.1, 0.15) is 26.2 Å². The second-order valence-electron chi connectivity index (χ2n) is 4.54. The minimum Gasteiger partial charge on any atom is -0.491 e. The fraction of sp³-hybridized carbons (Fsp3) is 0.429. The number of hydrogen-bond acceptors (Lipinski definition) is 4. The van der Waals surface area contributed by atoms with Gasteiger partial charge in [-0.05, 0) is 18.6 Å². The molecule has 0 fully saturated rings. The summed E-state index contributed by atoms with van der Waals surface area (Å²) in [5.74, 6) is 0.505. The van der Waals surface area contributed by atoms with E-state index in [1.54, 1.807) is 30.3 Å². The summed E-state index contributed by atoms with van der Waals surface area (Å²) in [5, 5.41) is 9.16. The lowest BCUT2D eigenvalue weighted by molar-refractivity contribution is 0.0757. The van der Waals surface area contributed by atoms with Gasteiger partial charge in [0.15, 0.2) is 0 Å². The van der Waals surface area contributed by atoms with Crippen LogP contribution in [0.4, 0.5) is 0 Å². The highest BCUT2D eigenvalue weighted by Gasteiger charge is 2.33. The van der Waals surface area contributed by atoms with Crippen LogP contribution in [0.15, 0.2) is 45.9 Å². The highest BCUT2D eigenvalue weighted by atomic mass is 32.2. The maximum absolute atomic E-state index is 12.6. The van der Waals surface area contributed by atoms with E-state index >= 15 is 0 Å². The molecule has 0 saturated heterocycles. The molecule has 0 amide bonds. The van der Waals surface area contributed by atoms with Gasteiger partial charge in [0.05, 0.1) is 16.4 Å². The first-order valence-corrected chi connectivity index (χ1v) is 7.87.